The molecule has 0 aliphatic carbocycles. The van der Waals surface area contributed by atoms with Crippen molar-refractivity contribution in [2.75, 3.05) is 13.7 Å². The van der Waals surface area contributed by atoms with Gasteiger partial charge >= 0.3 is 0 Å². The molecule has 2 aromatic rings. The van der Waals surface area contributed by atoms with Crippen LogP contribution in [0.15, 0.2) is 18.2 Å². The Morgan fingerprint density at radius 2 is 2.11 bits per heavy atom. The molecule has 2 unspecified atom stereocenters. The summed E-state index contributed by atoms with van der Waals surface area (Å²) in [5.41, 5.74) is 2.67. The number of fused-ring (bicyclic) bond motifs is 1. The summed E-state index contributed by atoms with van der Waals surface area (Å²) in [4.78, 5) is 0. The number of benzene rings is 1. The van der Waals surface area contributed by atoms with Crippen molar-refractivity contribution in [3.8, 4) is 23.4 Å². The summed E-state index contributed by atoms with van der Waals surface area (Å²) in [7, 11) is 1.60. The molecule has 0 amide bonds. The molecule has 28 heavy (non-hydrogen) atoms. The van der Waals surface area contributed by atoms with E-state index in [4.69, 9.17) is 19.6 Å². The first-order chi connectivity index (χ1) is 13.6. The summed E-state index contributed by atoms with van der Waals surface area (Å²) in [5.74, 6) is 0.517. The number of aromatic amines is 1. The van der Waals surface area contributed by atoms with Crippen LogP contribution in [0.4, 0.5) is 0 Å². The van der Waals surface area contributed by atoms with Crippen molar-refractivity contribution in [2.24, 2.45) is 5.92 Å². The average Bonchev–Trinajstić information content (AvgIpc) is 3.09. The molecular formula is C21H26N4O3. The zero-order chi connectivity index (χ0) is 20.1. The van der Waals surface area contributed by atoms with E-state index >= 15 is 0 Å². The molecule has 148 valence electrons. The molecule has 0 saturated heterocycles. The Kier molecular flexibility index (Phi) is 6.19. The lowest BCUT2D eigenvalue weighted by molar-refractivity contribution is 0.288. The standard InChI is InChI=1S/C21H26N4O3/c1-4-6-10-27-16-9-8-13(11-17(16)26-3)18-14(12-22)20(23)28-21-19(18)15(7-5-2)24-25-21/h8-9,11,14,18,23H,4-7,10H2,1-3H3,(H,24,25). The van der Waals surface area contributed by atoms with E-state index in [9.17, 15) is 5.26 Å². The van der Waals surface area contributed by atoms with Gasteiger partial charge in [-0.05, 0) is 30.5 Å². The lowest BCUT2D eigenvalue weighted by atomic mass is 9.79. The van der Waals surface area contributed by atoms with Crippen LogP contribution in [0.1, 0.15) is 55.8 Å². The number of nitrogens with one attached hydrogen (secondary N) is 2. The van der Waals surface area contributed by atoms with Gasteiger partial charge in [0, 0.05) is 17.2 Å². The second-order valence-electron chi connectivity index (χ2n) is 6.83. The van der Waals surface area contributed by atoms with E-state index < -0.39 is 5.92 Å². The Hall–Kier alpha value is -3.01. The highest BCUT2D eigenvalue weighted by molar-refractivity contribution is 5.84. The van der Waals surface area contributed by atoms with E-state index in [2.05, 4.69) is 30.1 Å². The maximum Gasteiger partial charge on any atom is 0.243 e. The van der Waals surface area contributed by atoms with Crippen LogP contribution in [-0.4, -0.2) is 29.8 Å². The fraction of sp³-hybridized carbons (Fsp3) is 0.476. The van der Waals surface area contributed by atoms with Crippen molar-refractivity contribution >= 4 is 5.90 Å². The van der Waals surface area contributed by atoms with Crippen molar-refractivity contribution in [2.45, 2.75) is 45.4 Å². The highest BCUT2D eigenvalue weighted by Crippen LogP contribution is 2.45. The summed E-state index contributed by atoms with van der Waals surface area (Å²) in [6.07, 6.45) is 3.75. The normalized spacial score (nSPS) is 18.1. The number of H-pyrrole nitrogens is 1. The lowest BCUT2D eigenvalue weighted by Gasteiger charge is -2.28. The van der Waals surface area contributed by atoms with Crippen LogP contribution < -0.4 is 14.2 Å². The Morgan fingerprint density at radius 3 is 2.79 bits per heavy atom. The predicted octanol–water partition coefficient (Wildman–Crippen LogP) is 4.19. The molecule has 1 aromatic carbocycles. The van der Waals surface area contributed by atoms with Crippen LogP contribution in [-0.2, 0) is 6.42 Å². The van der Waals surface area contributed by atoms with Gasteiger partial charge in [-0.1, -0.05) is 32.8 Å². The van der Waals surface area contributed by atoms with Gasteiger partial charge in [0.15, 0.2) is 11.5 Å². The van der Waals surface area contributed by atoms with Crippen LogP contribution in [0.2, 0.25) is 0 Å². The smallest absolute Gasteiger partial charge is 0.243 e. The summed E-state index contributed by atoms with van der Waals surface area (Å²) >= 11 is 0. The van der Waals surface area contributed by atoms with E-state index in [1.165, 1.54) is 0 Å². The van der Waals surface area contributed by atoms with Gasteiger partial charge in [0.2, 0.25) is 11.8 Å². The van der Waals surface area contributed by atoms with Gasteiger partial charge in [0.25, 0.3) is 0 Å². The van der Waals surface area contributed by atoms with Crippen molar-refractivity contribution < 1.29 is 14.2 Å². The van der Waals surface area contributed by atoms with Crippen LogP contribution >= 0.6 is 0 Å². The quantitative estimate of drug-likeness (QED) is 0.666. The van der Waals surface area contributed by atoms with Gasteiger partial charge in [-0.15, -0.1) is 5.10 Å². The number of aromatic nitrogens is 2. The third-order valence-electron chi connectivity index (χ3n) is 4.92. The first-order valence-corrected chi connectivity index (χ1v) is 9.68. The summed E-state index contributed by atoms with van der Waals surface area (Å²) in [6, 6.07) is 7.93. The predicted molar refractivity (Wildman–Crippen MR) is 105 cm³/mol. The fourth-order valence-electron chi connectivity index (χ4n) is 3.51. The molecular weight excluding hydrogens is 356 g/mol. The van der Waals surface area contributed by atoms with Crippen molar-refractivity contribution in [1.82, 2.24) is 10.2 Å². The Bertz CT molecular complexity index is 884. The molecule has 0 radical (unpaired) electrons. The van der Waals surface area contributed by atoms with Crippen LogP contribution in [0, 0.1) is 22.7 Å². The molecule has 1 aromatic heterocycles. The number of rotatable bonds is 8. The van der Waals surface area contributed by atoms with Gasteiger partial charge in [-0.2, -0.15) is 5.26 Å². The topological polar surface area (TPSA) is 104 Å². The number of methoxy groups -OCH3 is 1. The first kappa shape index (κ1) is 19.7. The van der Waals surface area contributed by atoms with Gasteiger partial charge in [-0.25, -0.2) is 0 Å². The van der Waals surface area contributed by atoms with Gasteiger partial charge in [0.05, 0.1) is 19.8 Å². The van der Waals surface area contributed by atoms with E-state index in [1.807, 2.05) is 18.2 Å². The Labute approximate surface area is 165 Å². The van der Waals surface area contributed by atoms with Crippen molar-refractivity contribution in [1.29, 1.82) is 10.7 Å². The van der Waals surface area contributed by atoms with E-state index in [-0.39, 0.29) is 11.8 Å². The maximum absolute atomic E-state index is 9.74. The fourth-order valence-corrected chi connectivity index (χ4v) is 3.51. The van der Waals surface area contributed by atoms with Crippen molar-refractivity contribution in [3.05, 3.63) is 35.0 Å². The van der Waals surface area contributed by atoms with E-state index in [0.29, 0.717) is 24.0 Å². The monoisotopic (exact) mass is 382 g/mol. The molecule has 2 atom stereocenters. The second-order valence-corrected chi connectivity index (χ2v) is 6.83. The zero-order valence-corrected chi connectivity index (χ0v) is 16.5. The van der Waals surface area contributed by atoms with Crippen molar-refractivity contribution in [3.63, 3.8) is 0 Å². The number of nitrogens with zero attached hydrogens (tertiary/aromatic N) is 2. The average molecular weight is 382 g/mol. The molecule has 0 fully saturated rings. The molecule has 0 saturated carbocycles. The highest BCUT2D eigenvalue weighted by Gasteiger charge is 2.40. The molecule has 0 spiro atoms. The minimum absolute atomic E-state index is 0.0863. The molecule has 1 aliphatic rings. The molecule has 2 heterocycles. The molecule has 7 heteroatoms. The number of aryl methyl sites for hydroxylation is 1. The maximum atomic E-state index is 9.74. The van der Waals surface area contributed by atoms with E-state index in [0.717, 1.165) is 42.5 Å². The largest absolute Gasteiger partial charge is 0.493 e. The molecule has 0 bridgehead atoms. The number of hydrogen-bond acceptors (Lipinski definition) is 6. The third-order valence-corrected chi connectivity index (χ3v) is 4.92. The summed E-state index contributed by atoms with van der Waals surface area (Å²) in [5, 5.41) is 25.2. The van der Waals surface area contributed by atoms with E-state index in [1.54, 1.807) is 7.11 Å². The number of unbranched alkanes of at least 4 members (excludes halogenated alkanes) is 1. The van der Waals surface area contributed by atoms with Gasteiger partial charge in [-0.3, -0.25) is 10.5 Å². The summed E-state index contributed by atoms with van der Waals surface area (Å²) in [6.45, 7) is 4.82. The molecule has 2 N–H and O–H groups in total. The minimum Gasteiger partial charge on any atom is -0.493 e. The number of ether oxygens (including phenoxy) is 3. The highest BCUT2D eigenvalue weighted by atomic mass is 16.5. The zero-order valence-electron chi connectivity index (χ0n) is 16.5. The lowest BCUT2D eigenvalue weighted by Crippen LogP contribution is -2.31. The SMILES string of the molecule is CCCCOc1ccc(C2c3c(n[nH]c3CCC)OC(=N)C2C#N)cc1OC. The van der Waals surface area contributed by atoms with Crippen LogP contribution in [0.25, 0.3) is 0 Å². The third kappa shape index (κ3) is 3.68. The molecule has 3 rings (SSSR count). The molecule has 1 aliphatic heterocycles. The van der Waals surface area contributed by atoms with Crippen LogP contribution in [0.5, 0.6) is 17.4 Å². The first-order valence-electron chi connectivity index (χ1n) is 9.68. The minimum atomic E-state index is -0.725. The molecule has 7 nitrogen and oxygen atoms in total. The second kappa shape index (κ2) is 8.79. The van der Waals surface area contributed by atoms with Gasteiger partial charge < -0.3 is 14.2 Å². The van der Waals surface area contributed by atoms with Crippen LogP contribution in [0.3, 0.4) is 0 Å². The summed E-state index contributed by atoms with van der Waals surface area (Å²) < 4.78 is 16.9. The van der Waals surface area contributed by atoms with Gasteiger partial charge in [0.1, 0.15) is 5.92 Å². The Morgan fingerprint density at radius 1 is 1.29 bits per heavy atom. The Balaban J connectivity index is 2.04. The number of nitriles is 1. The number of hydrogen-bond donors (Lipinski definition) is 2.